The van der Waals surface area contributed by atoms with Gasteiger partial charge < -0.3 is 9.32 Å². The van der Waals surface area contributed by atoms with Gasteiger partial charge in [-0.3, -0.25) is 0 Å². The average molecular weight is 602 g/mol. The molecule has 0 fully saturated rings. The Bertz CT molecular complexity index is 2590. The fraction of sp³-hybridized carbons (Fsp3) is 0.0222. The van der Waals surface area contributed by atoms with Gasteiger partial charge in [0.25, 0.3) is 0 Å². The fourth-order valence-corrected chi connectivity index (χ4v) is 7.15. The number of aryl methyl sites for hydroxylation is 1. The summed E-state index contributed by atoms with van der Waals surface area (Å²) in [4.78, 5) is 2.39. The minimum Gasteiger partial charge on any atom is -0.456 e. The number of fused-ring (bicyclic) bond motifs is 5. The van der Waals surface area contributed by atoms with Gasteiger partial charge in [-0.1, -0.05) is 133 Å². The number of hydrogen-bond acceptors (Lipinski definition) is 2. The Kier molecular flexibility index (Phi) is 6.39. The molecule has 8 aromatic carbocycles. The van der Waals surface area contributed by atoms with E-state index in [-0.39, 0.29) is 0 Å². The zero-order chi connectivity index (χ0) is 31.3. The molecule has 0 unspecified atom stereocenters. The molecule has 9 rings (SSSR count). The lowest BCUT2D eigenvalue weighted by atomic mass is 9.97. The Balaban J connectivity index is 1.26. The number of anilines is 3. The van der Waals surface area contributed by atoms with Gasteiger partial charge in [-0.2, -0.15) is 0 Å². The summed E-state index contributed by atoms with van der Waals surface area (Å²) in [7, 11) is 0. The molecule has 0 spiro atoms. The largest absolute Gasteiger partial charge is 0.456 e. The van der Waals surface area contributed by atoms with E-state index in [0.717, 1.165) is 44.9 Å². The molecule has 1 aromatic heterocycles. The Hall–Kier alpha value is -6.12. The maximum atomic E-state index is 6.44. The van der Waals surface area contributed by atoms with Crippen molar-refractivity contribution < 1.29 is 4.42 Å². The zero-order valence-electron chi connectivity index (χ0n) is 26.0. The molecule has 0 aliphatic heterocycles. The Morgan fingerprint density at radius 2 is 1.06 bits per heavy atom. The first kappa shape index (κ1) is 27.2. The molecule has 0 saturated heterocycles. The van der Waals surface area contributed by atoms with Crippen molar-refractivity contribution in [3.8, 4) is 22.5 Å². The van der Waals surface area contributed by atoms with Crippen molar-refractivity contribution in [1.29, 1.82) is 0 Å². The molecular weight excluding hydrogens is 571 g/mol. The van der Waals surface area contributed by atoms with Gasteiger partial charge >= 0.3 is 0 Å². The Labute approximate surface area is 273 Å². The topological polar surface area (TPSA) is 16.4 Å². The minimum atomic E-state index is 0.905. The van der Waals surface area contributed by atoms with Crippen molar-refractivity contribution >= 4 is 60.3 Å². The highest BCUT2D eigenvalue weighted by Crippen LogP contribution is 2.44. The quantitative estimate of drug-likeness (QED) is 0.182. The van der Waals surface area contributed by atoms with E-state index in [0.29, 0.717) is 0 Å². The van der Waals surface area contributed by atoms with Crippen LogP contribution in [0.5, 0.6) is 0 Å². The molecule has 0 radical (unpaired) electrons. The Morgan fingerprint density at radius 3 is 1.87 bits per heavy atom. The summed E-state index contributed by atoms with van der Waals surface area (Å²) in [5.74, 6) is 0.905. The summed E-state index contributed by atoms with van der Waals surface area (Å²) in [5.41, 5.74) is 8.84. The van der Waals surface area contributed by atoms with Crippen LogP contribution in [0.3, 0.4) is 0 Å². The molecule has 0 atom stereocenters. The Morgan fingerprint density at radius 1 is 0.426 bits per heavy atom. The zero-order valence-corrected chi connectivity index (χ0v) is 26.0. The molecule has 0 bridgehead atoms. The van der Waals surface area contributed by atoms with Gasteiger partial charge in [0.05, 0.1) is 5.69 Å². The van der Waals surface area contributed by atoms with Gasteiger partial charge in [0.1, 0.15) is 11.3 Å². The second-order valence-corrected chi connectivity index (χ2v) is 12.2. The van der Waals surface area contributed by atoms with Crippen LogP contribution < -0.4 is 4.90 Å². The van der Waals surface area contributed by atoms with Crippen molar-refractivity contribution in [1.82, 2.24) is 0 Å². The van der Waals surface area contributed by atoms with Crippen LogP contribution in [0.4, 0.5) is 17.1 Å². The van der Waals surface area contributed by atoms with E-state index in [4.69, 9.17) is 4.42 Å². The smallest absolute Gasteiger partial charge is 0.138 e. The molecule has 0 amide bonds. The van der Waals surface area contributed by atoms with Crippen molar-refractivity contribution in [3.05, 3.63) is 175 Å². The first-order valence-electron chi connectivity index (χ1n) is 16.1. The molecule has 2 nitrogen and oxygen atoms in total. The van der Waals surface area contributed by atoms with Crippen molar-refractivity contribution in [3.63, 3.8) is 0 Å². The number of nitrogens with zero attached hydrogens (tertiary/aromatic N) is 1. The third-order valence-electron chi connectivity index (χ3n) is 9.42. The lowest BCUT2D eigenvalue weighted by Crippen LogP contribution is -2.11. The number of hydrogen-bond donors (Lipinski definition) is 0. The van der Waals surface area contributed by atoms with E-state index >= 15 is 0 Å². The van der Waals surface area contributed by atoms with Gasteiger partial charge in [-0.25, -0.2) is 0 Å². The minimum absolute atomic E-state index is 0.905. The molecule has 0 saturated carbocycles. The van der Waals surface area contributed by atoms with Crippen molar-refractivity contribution in [2.75, 3.05) is 4.90 Å². The highest BCUT2D eigenvalue weighted by molar-refractivity contribution is 6.14. The van der Waals surface area contributed by atoms with Crippen LogP contribution in [0.2, 0.25) is 0 Å². The third kappa shape index (κ3) is 4.57. The monoisotopic (exact) mass is 601 g/mol. The normalized spacial score (nSPS) is 11.5. The molecule has 0 aliphatic carbocycles. The second kappa shape index (κ2) is 11.0. The summed E-state index contributed by atoms with van der Waals surface area (Å²) in [5, 5.41) is 8.56. The van der Waals surface area contributed by atoms with E-state index in [1.165, 1.54) is 43.4 Å². The fourth-order valence-electron chi connectivity index (χ4n) is 7.15. The average Bonchev–Trinajstić information content (AvgIpc) is 3.48. The van der Waals surface area contributed by atoms with Crippen molar-refractivity contribution in [2.24, 2.45) is 0 Å². The first-order chi connectivity index (χ1) is 23.2. The van der Waals surface area contributed by atoms with Crippen LogP contribution in [0.25, 0.3) is 65.7 Å². The van der Waals surface area contributed by atoms with E-state index in [1.54, 1.807) is 0 Å². The van der Waals surface area contributed by atoms with E-state index < -0.39 is 0 Å². The van der Waals surface area contributed by atoms with Crippen LogP contribution in [-0.4, -0.2) is 0 Å². The van der Waals surface area contributed by atoms with Crippen LogP contribution in [0.15, 0.2) is 174 Å². The summed E-state index contributed by atoms with van der Waals surface area (Å²) in [6, 6.07) is 60.9. The molecule has 2 heteroatoms. The van der Waals surface area contributed by atoms with Crippen LogP contribution in [-0.2, 0) is 0 Å². The van der Waals surface area contributed by atoms with E-state index in [9.17, 15) is 0 Å². The molecule has 222 valence electrons. The highest BCUT2D eigenvalue weighted by atomic mass is 16.3. The molecule has 1 heterocycles. The third-order valence-corrected chi connectivity index (χ3v) is 9.42. The van der Waals surface area contributed by atoms with Gasteiger partial charge in [0, 0.05) is 33.3 Å². The van der Waals surface area contributed by atoms with Gasteiger partial charge in [-0.05, 0) is 81.4 Å². The predicted octanol–water partition coefficient (Wildman–Crippen LogP) is 13.0. The van der Waals surface area contributed by atoms with Crippen LogP contribution in [0.1, 0.15) is 5.56 Å². The SMILES string of the molecule is Cc1c(-c2cccc(N(c3ccc(-c4cccc5ccccc45)cc3)c3cc4ccccc4c4ccccc34)c2)oc2ccccc12. The van der Waals surface area contributed by atoms with Gasteiger partial charge in [0.15, 0.2) is 0 Å². The maximum absolute atomic E-state index is 6.44. The van der Waals surface area contributed by atoms with E-state index in [1.807, 2.05) is 12.1 Å². The highest BCUT2D eigenvalue weighted by Gasteiger charge is 2.20. The maximum Gasteiger partial charge on any atom is 0.138 e. The number of para-hydroxylation sites is 1. The first-order valence-corrected chi connectivity index (χ1v) is 16.1. The predicted molar refractivity (Wildman–Crippen MR) is 199 cm³/mol. The molecular formula is C45H31NO. The second-order valence-electron chi connectivity index (χ2n) is 12.2. The molecule has 0 aliphatic rings. The number of benzene rings is 8. The molecule has 9 aromatic rings. The van der Waals surface area contributed by atoms with Crippen molar-refractivity contribution in [2.45, 2.75) is 6.92 Å². The lowest BCUT2D eigenvalue weighted by Gasteiger charge is -2.28. The lowest BCUT2D eigenvalue weighted by molar-refractivity contribution is 0.629. The van der Waals surface area contributed by atoms with Gasteiger partial charge in [-0.15, -0.1) is 0 Å². The van der Waals surface area contributed by atoms with E-state index in [2.05, 4.69) is 170 Å². The van der Waals surface area contributed by atoms with Crippen LogP contribution >= 0.6 is 0 Å². The number of furan rings is 1. The molecule has 47 heavy (non-hydrogen) atoms. The summed E-state index contributed by atoms with van der Waals surface area (Å²) in [6.45, 7) is 2.15. The molecule has 0 N–H and O–H groups in total. The van der Waals surface area contributed by atoms with Gasteiger partial charge in [0.2, 0.25) is 0 Å². The number of rotatable bonds is 5. The summed E-state index contributed by atoms with van der Waals surface area (Å²) >= 11 is 0. The standard InChI is InChI=1S/C45H31NO/c1-30-37-17-8-9-23-44(37)47-45(30)34-15-10-16-36(28-34)46(43-29-33-13-3-5-19-40(33)41-20-6-7-21-42(41)43)35-26-24-32(25-27-35)39-22-11-14-31-12-2-4-18-38(31)39/h2-29H,1H3. The van der Waals surface area contributed by atoms with Crippen LogP contribution in [0, 0.1) is 6.92 Å². The summed E-state index contributed by atoms with van der Waals surface area (Å²) in [6.07, 6.45) is 0. The summed E-state index contributed by atoms with van der Waals surface area (Å²) < 4.78 is 6.44.